The number of anilines is 1. The lowest BCUT2D eigenvalue weighted by atomic mass is 9.99. The first-order valence-electron chi connectivity index (χ1n) is 6.61. The molecule has 100 valence electrons. The Labute approximate surface area is 115 Å². The maximum atomic E-state index is 9.64. The van der Waals surface area contributed by atoms with Gasteiger partial charge >= 0.3 is 0 Å². The molecule has 2 N–H and O–H groups in total. The zero-order chi connectivity index (χ0) is 13.8. The molecule has 0 radical (unpaired) electrons. The third-order valence-corrected chi connectivity index (χ3v) is 3.34. The van der Waals surface area contributed by atoms with Gasteiger partial charge in [0.05, 0.1) is 12.6 Å². The maximum absolute atomic E-state index is 9.64. The molecule has 2 aromatic rings. The second kappa shape index (κ2) is 5.89. The summed E-state index contributed by atoms with van der Waals surface area (Å²) in [6, 6.07) is 14.5. The van der Waals surface area contributed by atoms with Crippen molar-refractivity contribution < 1.29 is 5.11 Å². The number of rotatable bonds is 4. The predicted octanol–water partition coefficient (Wildman–Crippen LogP) is 3.76. The van der Waals surface area contributed by atoms with Crippen LogP contribution in [0.2, 0.25) is 0 Å². The van der Waals surface area contributed by atoms with Crippen LogP contribution in [0.3, 0.4) is 0 Å². The molecule has 1 atom stereocenters. The summed E-state index contributed by atoms with van der Waals surface area (Å²) < 4.78 is 0. The first-order chi connectivity index (χ1) is 9.10. The number of aryl methyl sites for hydroxylation is 3. The minimum absolute atomic E-state index is 0.0672. The standard InChI is InChI=1S/C17H21NO/c1-12-5-4-6-15(10-12)18-17(11-19)16-8-7-13(2)9-14(16)3/h4-10,17-19H,11H2,1-3H3. The predicted molar refractivity (Wildman–Crippen MR) is 80.5 cm³/mol. The SMILES string of the molecule is Cc1cccc(NC(CO)c2ccc(C)cc2C)c1. The van der Waals surface area contributed by atoms with Gasteiger partial charge in [0, 0.05) is 5.69 Å². The van der Waals surface area contributed by atoms with E-state index in [0.717, 1.165) is 11.3 Å². The first kappa shape index (κ1) is 13.6. The van der Waals surface area contributed by atoms with Gasteiger partial charge in [0.25, 0.3) is 0 Å². The number of nitrogens with one attached hydrogen (secondary N) is 1. The minimum Gasteiger partial charge on any atom is -0.394 e. The van der Waals surface area contributed by atoms with Gasteiger partial charge in [-0.25, -0.2) is 0 Å². The quantitative estimate of drug-likeness (QED) is 0.872. The van der Waals surface area contributed by atoms with Crippen LogP contribution < -0.4 is 5.32 Å². The summed E-state index contributed by atoms with van der Waals surface area (Å²) in [5.74, 6) is 0. The smallest absolute Gasteiger partial charge is 0.0747 e. The molecule has 0 heterocycles. The lowest BCUT2D eigenvalue weighted by molar-refractivity contribution is 0.276. The molecule has 0 bridgehead atoms. The molecule has 0 amide bonds. The molecule has 0 fully saturated rings. The number of aliphatic hydroxyl groups excluding tert-OH is 1. The van der Waals surface area contributed by atoms with Crippen molar-refractivity contribution in [2.24, 2.45) is 0 Å². The van der Waals surface area contributed by atoms with Gasteiger partial charge in [-0.15, -0.1) is 0 Å². The highest BCUT2D eigenvalue weighted by molar-refractivity contribution is 5.48. The molecule has 0 aliphatic heterocycles. The van der Waals surface area contributed by atoms with Crippen LogP contribution in [0.4, 0.5) is 5.69 Å². The molecule has 0 spiro atoms. The molecular weight excluding hydrogens is 234 g/mol. The molecule has 2 aromatic carbocycles. The van der Waals surface area contributed by atoms with Crippen LogP contribution in [0.15, 0.2) is 42.5 Å². The Morgan fingerprint density at radius 2 is 1.74 bits per heavy atom. The summed E-state index contributed by atoms with van der Waals surface area (Å²) in [6.07, 6.45) is 0. The number of aliphatic hydroxyl groups is 1. The van der Waals surface area contributed by atoms with Crippen LogP contribution in [0.1, 0.15) is 28.3 Å². The summed E-state index contributed by atoms with van der Waals surface area (Å²) in [6.45, 7) is 6.32. The highest BCUT2D eigenvalue weighted by atomic mass is 16.3. The zero-order valence-corrected chi connectivity index (χ0v) is 11.8. The highest BCUT2D eigenvalue weighted by Crippen LogP contribution is 2.23. The van der Waals surface area contributed by atoms with Crippen molar-refractivity contribution in [2.45, 2.75) is 26.8 Å². The van der Waals surface area contributed by atoms with E-state index in [0.29, 0.717) is 0 Å². The molecule has 2 heteroatoms. The first-order valence-corrected chi connectivity index (χ1v) is 6.61. The number of hydrogen-bond acceptors (Lipinski definition) is 2. The van der Waals surface area contributed by atoms with E-state index >= 15 is 0 Å². The molecule has 19 heavy (non-hydrogen) atoms. The molecule has 0 saturated carbocycles. The van der Waals surface area contributed by atoms with Gasteiger partial charge in [-0.1, -0.05) is 35.9 Å². The molecule has 0 saturated heterocycles. The van der Waals surface area contributed by atoms with Crippen molar-refractivity contribution in [3.8, 4) is 0 Å². The summed E-state index contributed by atoms with van der Waals surface area (Å²) in [7, 11) is 0. The average molecular weight is 255 g/mol. The Balaban J connectivity index is 2.25. The summed E-state index contributed by atoms with van der Waals surface area (Å²) in [4.78, 5) is 0. The van der Waals surface area contributed by atoms with E-state index in [1.54, 1.807) is 0 Å². The van der Waals surface area contributed by atoms with Gasteiger partial charge in [-0.05, 0) is 49.6 Å². The van der Waals surface area contributed by atoms with Crippen molar-refractivity contribution >= 4 is 5.69 Å². The topological polar surface area (TPSA) is 32.3 Å². The second-order valence-electron chi connectivity index (χ2n) is 5.11. The van der Waals surface area contributed by atoms with E-state index < -0.39 is 0 Å². The Morgan fingerprint density at radius 1 is 1.00 bits per heavy atom. The highest BCUT2D eigenvalue weighted by Gasteiger charge is 2.12. The van der Waals surface area contributed by atoms with Crippen LogP contribution in [0, 0.1) is 20.8 Å². The fourth-order valence-electron chi connectivity index (χ4n) is 2.37. The third-order valence-electron chi connectivity index (χ3n) is 3.34. The van der Waals surface area contributed by atoms with E-state index in [4.69, 9.17) is 0 Å². The van der Waals surface area contributed by atoms with Crippen LogP contribution in [-0.4, -0.2) is 11.7 Å². The Kier molecular flexibility index (Phi) is 4.23. The van der Waals surface area contributed by atoms with Gasteiger partial charge in [0.2, 0.25) is 0 Å². The number of hydrogen-bond donors (Lipinski definition) is 2. The average Bonchev–Trinajstić information content (AvgIpc) is 2.37. The molecule has 0 aliphatic rings. The van der Waals surface area contributed by atoms with E-state index in [1.165, 1.54) is 16.7 Å². The third kappa shape index (κ3) is 3.36. The van der Waals surface area contributed by atoms with Gasteiger partial charge in [-0.2, -0.15) is 0 Å². The van der Waals surface area contributed by atoms with E-state index in [9.17, 15) is 5.11 Å². The summed E-state index contributed by atoms with van der Waals surface area (Å²) in [5.41, 5.74) is 5.85. The Morgan fingerprint density at radius 3 is 2.37 bits per heavy atom. The molecule has 2 nitrogen and oxygen atoms in total. The Bertz CT molecular complexity index is 563. The molecule has 0 aliphatic carbocycles. The van der Waals surface area contributed by atoms with Gasteiger partial charge in [0.15, 0.2) is 0 Å². The van der Waals surface area contributed by atoms with Crippen molar-refractivity contribution in [2.75, 3.05) is 11.9 Å². The fourth-order valence-corrected chi connectivity index (χ4v) is 2.37. The molecule has 0 aromatic heterocycles. The Hall–Kier alpha value is -1.80. The van der Waals surface area contributed by atoms with E-state index in [2.05, 4.69) is 56.4 Å². The normalized spacial score (nSPS) is 12.2. The van der Waals surface area contributed by atoms with Crippen LogP contribution in [-0.2, 0) is 0 Å². The van der Waals surface area contributed by atoms with Crippen molar-refractivity contribution in [3.05, 3.63) is 64.7 Å². The van der Waals surface area contributed by atoms with Gasteiger partial charge in [0.1, 0.15) is 0 Å². The van der Waals surface area contributed by atoms with Gasteiger partial charge in [-0.3, -0.25) is 0 Å². The van der Waals surface area contributed by atoms with Gasteiger partial charge < -0.3 is 10.4 Å². The maximum Gasteiger partial charge on any atom is 0.0747 e. The molecule has 1 unspecified atom stereocenters. The lowest BCUT2D eigenvalue weighted by Gasteiger charge is -2.20. The zero-order valence-electron chi connectivity index (χ0n) is 11.8. The fraction of sp³-hybridized carbons (Fsp3) is 0.294. The lowest BCUT2D eigenvalue weighted by Crippen LogP contribution is -2.16. The second-order valence-corrected chi connectivity index (χ2v) is 5.11. The van der Waals surface area contributed by atoms with Crippen molar-refractivity contribution in [1.29, 1.82) is 0 Å². The minimum atomic E-state index is -0.0672. The summed E-state index contributed by atoms with van der Waals surface area (Å²) >= 11 is 0. The molecular formula is C17H21NO. The van der Waals surface area contributed by atoms with E-state index in [1.807, 2.05) is 12.1 Å². The van der Waals surface area contributed by atoms with Crippen LogP contribution in [0.25, 0.3) is 0 Å². The number of benzene rings is 2. The van der Waals surface area contributed by atoms with Crippen molar-refractivity contribution in [1.82, 2.24) is 0 Å². The largest absolute Gasteiger partial charge is 0.394 e. The monoisotopic (exact) mass is 255 g/mol. The van der Waals surface area contributed by atoms with Crippen molar-refractivity contribution in [3.63, 3.8) is 0 Å². The van der Waals surface area contributed by atoms with Crippen LogP contribution in [0.5, 0.6) is 0 Å². The van der Waals surface area contributed by atoms with E-state index in [-0.39, 0.29) is 12.6 Å². The molecule has 2 rings (SSSR count). The van der Waals surface area contributed by atoms with Crippen LogP contribution >= 0.6 is 0 Å². The summed E-state index contributed by atoms with van der Waals surface area (Å²) in [5, 5.41) is 13.0.